The molecule has 3 heterocycles. The first-order valence-corrected chi connectivity index (χ1v) is 6.02. The number of aromatic nitrogens is 3. The van der Waals surface area contributed by atoms with Crippen LogP contribution < -0.4 is 5.32 Å². The van der Waals surface area contributed by atoms with Gasteiger partial charge >= 0.3 is 0 Å². The molecule has 0 saturated heterocycles. The van der Waals surface area contributed by atoms with Crippen molar-refractivity contribution in [3.05, 3.63) is 35.8 Å². The monoisotopic (exact) mass is 232 g/mol. The van der Waals surface area contributed by atoms with Crippen LogP contribution in [0, 0.1) is 0 Å². The minimum Gasteiger partial charge on any atom is -0.468 e. The molecule has 90 valence electrons. The van der Waals surface area contributed by atoms with Crippen LogP contribution in [0.4, 0.5) is 0 Å². The zero-order valence-corrected chi connectivity index (χ0v) is 9.89. The highest BCUT2D eigenvalue weighted by atomic mass is 16.3. The highest BCUT2D eigenvalue weighted by Crippen LogP contribution is 2.19. The van der Waals surface area contributed by atoms with Crippen molar-refractivity contribution < 1.29 is 4.42 Å². The summed E-state index contributed by atoms with van der Waals surface area (Å²) in [6, 6.07) is 4.06. The lowest BCUT2D eigenvalue weighted by molar-refractivity contribution is 0.445. The molecule has 0 amide bonds. The van der Waals surface area contributed by atoms with E-state index in [1.807, 2.05) is 12.1 Å². The highest BCUT2D eigenvalue weighted by molar-refractivity contribution is 5.05. The van der Waals surface area contributed by atoms with Gasteiger partial charge in [-0.05, 0) is 25.5 Å². The number of fused-ring (bicyclic) bond motifs is 1. The van der Waals surface area contributed by atoms with E-state index in [1.165, 1.54) is 6.42 Å². The lowest BCUT2D eigenvalue weighted by Crippen LogP contribution is -2.21. The smallest absolute Gasteiger partial charge is 0.149 e. The van der Waals surface area contributed by atoms with Gasteiger partial charge in [0.05, 0.1) is 18.8 Å². The molecule has 0 radical (unpaired) electrons. The maximum atomic E-state index is 5.29. The van der Waals surface area contributed by atoms with Gasteiger partial charge in [0.1, 0.15) is 17.4 Å². The summed E-state index contributed by atoms with van der Waals surface area (Å²) >= 11 is 0. The van der Waals surface area contributed by atoms with E-state index in [0.717, 1.165) is 36.9 Å². The molecule has 1 unspecified atom stereocenters. The number of nitrogens with one attached hydrogen (secondary N) is 1. The van der Waals surface area contributed by atoms with Crippen LogP contribution >= 0.6 is 0 Å². The average molecular weight is 232 g/mol. The maximum absolute atomic E-state index is 5.29. The van der Waals surface area contributed by atoms with Crippen LogP contribution in [0.5, 0.6) is 0 Å². The summed E-state index contributed by atoms with van der Waals surface area (Å²) in [5, 5.41) is 11.9. The Morgan fingerprint density at radius 3 is 3.29 bits per heavy atom. The van der Waals surface area contributed by atoms with E-state index >= 15 is 0 Å². The largest absolute Gasteiger partial charge is 0.468 e. The summed E-state index contributed by atoms with van der Waals surface area (Å²) in [5.41, 5.74) is 0. The molecule has 2 aromatic rings. The molecule has 1 atom stereocenters. The molecule has 1 aliphatic rings. The Hall–Kier alpha value is -1.62. The van der Waals surface area contributed by atoms with Gasteiger partial charge in [0.2, 0.25) is 0 Å². The molecule has 0 spiro atoms. The van der Waals surface area contributed by atoms with E-state index in [0.29, 0.717) is 0 Å². The van der Waals surface area contributed by atoms with Crippen molar-refractivity contribution in [2.24, 2.45) is 0 Å². The van der Waals surface area contributed by atoms with Crippen LogP contribution in [0.25, 0.3) is 0 Å². The molecular formula is C12H16N4O. The van der Waals surface area contributed by atoms with Gasteiger partial charge in [0, 0.05) is 13.0 Å². The SMILES string of the molecule is CC(NCc1ccco1)c1nnc2n1CCC2. The number of hydrogen-bond donors (Lipinski definition) is 1. The Morgan fingerprint density at radius 1 is 1.53 bits per heavy atom. The molecule has 0 aromatic carbocycles. The summed E-state index contributed by atoms with van der Waals surface area (Å²) in [6.45, 7) is 3.87. The summed E-state index contributed by atoms with van der Waals surface area (Å²) < 4.78 is 7.51. The standard InChI is InChI=1S/C12H16N4O/c1-9(13-8-10-4-3-7-17-10)12-15-14-11-5-2-6-16(11)12/h3-4,7,9,13H,2,5-6,8H2,1H3. The van der Waals surface area contributed by atoms with E-state index in [9.17, 15) is 0 Å². The normalized spacial score (nSPS) is 16.1. The first-order valence-electron chi connectivity index (χ1n) is 6.02. The third kappa shape index (κ3) is 1.98. The zero-order chi connectivity index (χ0) is 11.7. The number of furan rings is 1. The third-order valence-electron chi connectivity index (χ3n) is 3.19. The number of rotatable bonds is 4. The fourth-order valence-electron chi connectivity index (χ4n) is 2.25. The zero-order valence-electron chi connectivity index (χ0n) is 9.89. The van der Waals surface area contributed by atoms with Crippen molar-refractivity contribution in [1.29, 1.82) is 0 Å². The second-order valence-electron chi connectivity index (χ2n) is 4.41. The van der Waals surface area contributed by atoms with E-state index in [4.69, 9.17) is 4.42 Å². The molecule has 3 rings (SSSR count). The Labute approximate surface area is 99.8 Å². The molecule has 0 aliphatic carbocycles. The summed E-state index contributed by atoms with van der Waals surface area (Å²) in [5.74, 6) is 3.09. The van der Waals surface area contributed by atoms with Crippen LogP contribution in [0.2, 0.25) is 0 Å². The van der Waals surface area contributed by atoms with Crippen molar-refractivity contribution in [2.75, 3.05) is 0 Å². The van der Waals surface area contributed by atoms with E-state index in [-0.39, 0.29) is 6.04 Å². The van der Waals surface area contributed by atoms with E-state index < -0.39 is 0 Å². The van der Waals surface area contributed by atoms with E-state index in [2.05, 4.69) is 27.0 Å². The first-order chi connectivity index (χ1) is 8.34. The number of nitrogens with zero attached hydrogens (tertiary/aromatic N) is 3. The van der Waals surface area contributed by atoms with Crippen LogP contribution in [-0.4, -0.2) is 14.8 Å². The minimum atomic E-state index is 0.194. The third-order valence-corrected chi connectivity index (χ3v) is 3.19. The van der Waals surface area contributed by atoms with Crippen molar-refractivity contribution in [2.45, 2.75) is 38.9 Å². The topological polar surface area (TPSA) is 55.9 Å². The molecule has 2 aromatic heterocycles. The molecular weight excluding hydrogens is 216 g/mol. The van der Waals surface area contributed by atoms with Gasteiger partial charge in [0.25, 0.3) is 0 Å². The number of aryl methyl sites for hydroxylation is 1. The summed E-state index contributed by atoms with van der Waals surface area (Å²) in [4.78, 5) is 0. The quantitative estimate of drug-likeness (QED) is 0.871. The molecule has 17 heavy (non-hydrogen) atoms. The summed E-state index contributed by atoms with van der Waals surface area (Å²) in [6.07, 6.45) is 3.93. The Kier molecular flexibility index (Phi) is 2.68. The maximum Gasteiger partial charge on any atom is 0.149 e. The van der Waals surface area contributed by atoms with Gasteiger partial charge in [-0.1, -0.05) is 0 Å². The Balaban J connectivity index is 1.67. The molecule has 0 saturated carbocycles. The Bertz CT molecular complexity index is 489. The fourth-order valence-corrected chi connectivity index (χ4v) is 2.25. The predicted molar refractivity (Wildman–Crippen MR) is 62.3 cm³/mol. The highest BCUT2D eigenvalue weighted by Gasteiger charge is 2.20. The molecule has 1 aliphatic heterocycles. The van der Waals surface area contributed by atoms with Crippen molar-refractivity contribution >= 4 is 0 Å². The minimum absolute atomic E-state index is 0.194. The molecule has 1 N–H and O–H groups in total. The lowest BCUT2D eigenvalue weighted by Gasteiger charge is -2.12. The van der Waals surface area contributed by atoms with Gasteiger partial charge in [0.15, 0.2) is 0 Å². The molecule has 0 fully saturated rings. The van der Waals surface area contributed by atoms with Crippen LogP contribution in [-0.2, 0) is 19.5 Å². The van der Waals surface area contributed by atoms with Crippen LogP contribution in [0.3, 0.4) is 0 Å². The van der Waals surface area contributed by atoms with Gasteiger partial charge < -0.3 is 14.3 Å². The van der Waals surface area contributed by atoms with Gasteiger partial charge in [-0.2, -0.15) is 0 Å². The first kappa shape index (κ1) is 10.5. The fraction of sp³-hybridized carbons (Fsp3) is 0.500. The van der Waals surface area contributed by atoms with Gasteiger partial charge in [-0.15, -0.1) is 10.2 Å². The van der Waals surface area contributed by atoms with Crippen LogP contribution in [0.15, 0.2) is 22.8 Å². The lowest BCUT2D eigenvalue weighted by atomic mass is 10.3. The van der Waals surface area contributed by atoms with Crippen molar-refractivity contribution in [1.82, 2.24) is 20.1 Å². The second kappa shape index (κ2) is 4.33. The van der Waals surface area contributed by atoms with Gasteiger partial charge in [-0.3, -0.25) is 0 Å². The Morgan fingerprint density at radius 2 is 2.47 bits per heavy atom. The predicted octanol–water partition coefficient (Wildman–Crippen LogP) is 1.67. The van der Waals surface area contributed by atoms with Gasteiger partial charge in [-0.25, -0.2) is 0 Å². The van der Waals surface area contributed by atoms with Crippen molar-refractivity contribution in [3.8, 4) is 0 Å². The molecule has 0 bridgehead atoms. The van der Waals surface area contributed by atoms with Crippen LogP contribution in [0.1, 0.15) is 36.8 Å². The summed E-state index contributed by atoms with van der Waals surface area (Å²) in [7, 11) is 0. The molecule has 5 heteroatoms. The molecule has 5 nitrogen and oxygen atoms in total. The van der Waals surface area contributed by atoms with E-state index in [1.54, 1.807) is 6.26 Å². The van der Waals surface area contributed by atoms with Crippen molar-refractivity contribution in [3.63, 3.8) is 0 Å². The number of hydrogen-bond acceptors (Lipinski definition) is 4. The average Bonchev–Trinajstić information content (AvgIpc) is 3.02. The second-order valence-corrected chi connectivity index (χ2v) is 4.41.